The van der Waals surface area contributed by atoms with Crippen molar-refractivity contribution in [3.8, 4) is 22.3 Å². The van der Waals surface area contributed by atoms with E-state index in [0.29, 0.717) is 0 Å². The van der Waals surface area contributed by atoms with Crippen LogP contribution in [0.5, 0.6) is 0 Å². The van der Waals surface area contributed by atoms with Gasteiger partial charge in [0.2, 0.25) is 0 Å². The summed E-state index contributed by atoms with van der Waals surface area (Å²) >= 11 is 1.93. The Balaban J connectivity index is 1.20. The Labute approximate surface area is 401 Å². The van der Waals surface area contributed by atoms with Crippen LogP contribution < -0.4 is 20.6 Å². The first-order valence-electron chi connectivity index (χ1n) is 24.7. The fourth-order valence-electron chi connectivity index (χ4n) is 13.0. The van der Waals surface area contributed by atoms with Crippen LogP contribution in [0.2, 0.25) is 0 Å². The number of hydrogen-bond acceptors (Lipinski definition) is 3. The summed E-state index contributed by atoms with van der Waals surface area (Å²) in [6, 6.07) is 56.9. The molecule has 3 heterocycles. The van der Waals surface area contributed by atoms with Crippen LogP contribution in [0.3, 0.4) is 0 Å². The molecule has 0 N–H and O–H groups in total. The second-order valence-electron chi connectivity index (χ2n) is 23.0. The predicted octanol–water partition coefficient (Wildman–Crippen LogP) is 16.6. The summed E-state index contributed by atoms with van der Waals surface area (Å²) in [7, 11) is 0. The van der Waals surface area contributed by atoms with Crippen molar-refractivity contribution in [2.45, 2.75) is 110 Å². The fourth-order valence-corrected chi connectivity index (χ4v) is 14.2. The van der Waals surface area contributed by atoms with Gasteiger partial charge in [0.1, 0.15) is 0 Å². The summed E-state index contributed by atoms with van der Waals surface area (Å²) in [5.74, 6) is 0. The number of anilines is 5. The molecule has 0 unspecified atom stereocenters. The van der Waals surface area contributed by atoms with Gasteiger partial charge in [0, 0.05) is 54.2 Å². The highest BCUT2D eigenvalue weighted by Gasteiger charge is 2.48. The van der Waals surface area contributed by atoms with E-state index in [4.69, 9.17) is 0 Å². The number of thiophene rings is 1. The number of benzene rings is 8. The van der Waals surface area contributed by atoms with Gasteiger partial charge in [0.05, 0.1) is 0 Å². The van der Waals surface area contributed by atoms with E-state index in [1.165, 1.54) is 146 Å². The van der Waals surface area contributed by atoms with Crippen molar-refractivity contribution < 1.29 is 0 Å². The topological polar surface area (TPSA) is 6.48 Å². The Bertz CT molecular complexity index is 3570. The van der Waals surface area contributed by atoms with Crippen molar-refractivity contribution >= 4 is 88.5 Å². The molecule has 0 radical (unpaired) electrons. The predicted molar refractivity (Wildman–Crippen MR) is 291 cm³/mol. The maximum atomic E-state index is 2.77. The van der Waals surface area contributed by atoms with E-state index in [1.807, 2.05) is 11.3 Å². The van der Waals surface area contributed by atoms with Gasteiger partial charge in [-0.15, -0.1) is 11.3 Å². The van der Waals surface area contributed by atoms with Gasteiger partial charge in [-0.05, 0) is 169 Å². The van der Waals surface area contributed by atoms with E-state index < -0.39 is 0 Å². The maximum Gasteiger partial charge on any atom is 0.333 e. The molecule has 1 aromatic heterocycles. The smallest absolute Gasteiger partial charge is 0.333 e. The van der Waals surface area contributed by atoms with Crippen LogP contribution in [-0.2, 0) is 21.7 Å². The highest BCUT2D eigenvalue weighted by atomic mass is 32.1. The number of aryl methyl sites for hydroxylation is 1. The molecule has 0 bridgehead atoms. The lowest BCUT2D eigenvalue weighted by atomic mass is 9.43. The lowest BCUT2D eigenvalue weighted by Gasteiger charge is -2.48. The molecule has 67 heavy (non-hydrogen) atoms. The van der Waals surface area contributed by atoms with E-state index in [0.717, 1.165) is 0 Å². The molecule has 9 aromatic rings. The minimum Gasteiger partial charge on any atom is -0.376 e. The van der Waals surface area contributed by atoms with Crippen molar-refractivity contribution in [3.63, 3.8) is 0 Å². The van der Waals surface area contributed by atoms with Crippen LogP contribution >= 0.6 is 11.3 Å². The molecular weight excluding hydrogens is 828 g/mol. The molecule has 13 rings (SSSR count). The summed E-state index contributed by atoms with van der Waals surface area (Å²) in [6.07, 6.45) is 4.73. The normalized spacial score (nSPS) is 18.1. The maximum absolute atomic E-state index is 2.77. The van der Waals surface area contributed by atoms with Crippen LogP contribution in [0.15, 0.2) is 146 Å². The molecule has 2 aliphatic carbocycles. The monoisotopic (exact) mass is 886 g/mol. The lowest BCUT2D eigenvalue weighted by Crippen LogP contribution is -2.61. The molecule has 2 aliphatic heterocycles. The molecule has 0 spiro atoms. The second-order valence-corrected chi connectivity index (χ2v) is 24.1. The van der Waals surface area contributed by atoms with Gasteiger partial charge in [-0.25, -0.2) is 0 Å². The SMILES string of the molecule is Cc1cc2c(cc1N1c3ccc(-c4ccccc4)cc3B3c4c1cc1ccccc1c4-c1c(ccc4sc5ccccc5c14)N3c1ccc3c(c1)C(C)(C)CCC3(C)C)C(C)(C)CCC2(C)C. The zero-order valence-corrected chi connectivity index (χ0v) is 41.4. The van der Waals surface area contributed by atoms with Gasteiger partial charge in [0.15, 0.2) is 0 Å². The van der Waals surface area contributed by atoms with Crippen molar-refractivity contribution in [2.24, 2.45) is 0 Å². The molecule has 0 amide bonds. The highest BCUT2D eigenvalue weighted by Crippen LogP contribution is 2.56. The quantitative estimate of drug-likeness (QED) is 0.163. The zero-order chi connectivity index (χ0) is 45.9. The number of fused-ring (bicyclic) bond motifs is 12. The third-order valence-corrected chi connectivity index (χ3v) is 18.2. The summed E-state index contributed by atoms with van der Waals surface area (Å²) in [4.78, 5) is 5.46. The standard InChI is InChI=1S/C63H59BN2S/c1-38-33-46-48(63(8,9)32-31-61(46,4)5)37-52(38)65-50-26-23-40(39-17-11-10-12-18-39)34-49(50)64-59-53(65)35-41-19-13-14-20-43(41)57(59)58-51(27-28-55-56(58)44-21-15-16-22-54(44)67-55)66(64)42-24-25-45-47(36-42)62(6,7)30-29-60(45,2)3/h10-28,33-37H,29-32H2,1-9H3. The van der Waals surface area contributed by atoms with Crippen LogP contribution in [-0.4, -0.2) is 6.85 Å². The molecule has 8 aromatic carbocycles. The van der Waals surface area contributed by atoms with Crippen molar-refractivity contribution in [2.75, 3.05) is 9.71 Å². The second kappa shape index (κ2) is 14.0. The number of nitrogens with zero attached hydrogens (tertiary/aromatic N) is 2. The molecule has 330 valence electrons. The zero-order valence-electron chi connectivity index (χ0n) is 40.6. The first-order valence-corrected chi connectivity index (χ1v) is 25.5. The lowest BCUT2D eigenvalue weighted by molar-refractivity contribution is 0.332. The summed E-state index contributed by atoms with van der Waals surface area (Å²) in [6.45, 7) is 21.9. The third kappa shape index (κ3) is 5.87. The number of rotatable bonds is 3. The summed E-state index contributed by atoms with van der Waals surface area (Å²) in [5, 5.41) is 5.29. The van der Waals surface area contributed by atoms with Crippen LogP contribution in [0.1, 0.15) is 109 Å². The average Bonchev–Trinajstić information content (AvgIpc) is 3.71. The van der Waals surface area contributed by atoms with Crippen LogP contribution in [0.4, 0.5) is 28.4 Å². The van der Waals surface area contributed by atoms with Gasteiger partial charge in [-0.2, -0.15) is 0 Å². The first kappa shape index (κ1) is 41.1. The first-order chi connectivity index (χ1) is 32.1. The van der Waals surface area contributed by atoms with Crippen LogP contribution in [0.25, 0.3) is 53.2 Å². The summed E-state index contributed by atoms with van der Waals surface area (Å²) in [5.41, 5.74) is 21.9. The van der Waals surface area contributed by atoms with Gasteiger partial charge >= 0.3 is 6.85 Å². The Morgan fingerprint density at radius 3 is 1.84 bits per heavy atom. The van der Waals surface area contributed by atoms with Crippen molar-refractivity contribution in [1.29, 1.82) is 0 Å². The van der Waals surface area contributed by atoms with Gasteiger partial charge in [0.25, 0.3) is 0 Å². The number of hydrogen-bond donors (Lipinski definition) is 0. The Morgan fingerprint density at radius 2 is 1.09 bits per heavy atom. The Morgan fingerprint density at radius 1 is 0.463 bits per heavy atom. The van der Waals surface area contributed by atoms with Crippen molar-refractivity contribution in [1.82, 2.24) is 0 Å². The summed E-state index contributed by atoms with van der Waals surface area (Å²) < 4.78 is 2.67. The van der Waals surface area contributed by atoms with E-state index in [9.17, 15) is 0 Å². The molecular formula is C63H59BN2S. The molecule has 0 saturated carbocycles. The highest BCUT2D eigenvalue weighted by molar-refractivity contribution is 7.26. The fraction of sp³-hybridized carbons (Fsp3) is 0.270. The molecule has 0 atom stereocenters. The van der Waals surface area contributed by atoms with Crippen molar-refractivity contribution in [3.05, 3.63) is 173 Å². The van der Waals surface area contributed by atoms with Crippen LogP contribution in [0, 0.1) is 6.92 Å². The third-order valence-electron chi connectivity index (χ3n) is 17.1. The molecule has 0 saturated heterocycles. The Kier molecular flexibility index (Phi) is 8.58. The van der Waals surface area contributed by atoms with Gasteiger partial charge in [-0.3, -0.25) is 0 Å². The molecule has 0 fully saturated rings. The minimum atomic E-state index is -0.106. The van der Waals surface area contributed by atoms with Gasteiger partial charge < -0.3 is 9.71 Å². The van der Waals surface area contributed by atoms with E-state index >= 15 is 0 Å². The molecule has 4 heteroatoms. The minimum absolute atomic E-state index is 0.0559. The molecule has 4 aliphatic rings. The molecule has 2 nitrogen and oxygen atoms in total. The Hall–Kier alpha value is -6.10. The van der Waals surface area contributed by atoms with E-state index in [-0.39, 0.29) is 28.5 Å². The van der Waals surface area contributed by atoms with Gasteiger partial charge in [-0.1, -0.05) is 152 Å². The largest absolute Gasteiger partial charge is 0.376 e. The van der Waals surface area contributed by atoms with E-state index in [1.54, 1.807) is 0 Å². The average molecular weight is 887 g/mol. The van der Waals surface area contributed by atoms with E-state index in [2.05, 4.69) is 218 Å².